The zero-order valence-corrected chi connectivity index (χ0v) is 11.6. The van der Waals surface area contributed by atoms with Gasteiger partial charge in [-0.1, -0.05) is 17.7 Å². The number of benzene rings is 1. The first-order chi connectivity index (χ1) is 8.02. The van der Waals surface area contributed by atoms with Crippen molar-refractivity contribution in [3.05, 3.63) is 33.3 Å². The summed E-state index contributed by atoms with van der Waals surface area (Å²) in [5.74, 6) is -0.173. The molecule has 0 saturated heterocycles. The van der Waals surface area contributed by atoms with Crippen LogP contribution in [0.4, 0.5) is 0 Å². The molecule has 0 aliphatic heterocycles. The van der Waals surface area contributed by atoms with E-state index in [1.165, 1.54) is 0 Å². The average molecular weight is 318 g/mol. The Morgan fingerprint density at radius 1 is 1.53 bits per heavy atom. The molecule has 1 saturated carbocycles. The number of hydrogen-bond acceptors (Lipinski definition) is 2. The van der Waals surface area contributed by atoms with Gasteiger partial charge in [-0.05, 0) is 47.3 Å². The van der Waals surface area contributed by atoms with E-state index in [0.29, 0.717) is 17.1 Å². The highest BCUT2D eigenvalue weighted by atomic mass is 79.9. The fourth-order valence-electron chi connectivity index (χ4n) is 1.84. The maximum Gasteiger partial charge on any atom is 0.252 e. The lowest BCUT2D eigenvalue weighted by atomic mass is 9.78. The van der Waals surface area contributed by atoms with Crippen molar-refractivity contribution in [2.45, 2.75) is 24.8 Å². The van der Waals surface area contributed by atoms with Gasteiger partial charge in [-0.2, -0.15) is 0 Å². The minimum Gasteiger partial charge on any atom is -0.350 e. The summed E-state index contributed by atoms with van der Waals surface area (Å²) in [4.78, 5) is 11.9. The Bertz CT molecular complexity index is 446. The first-order valence-electron chi connectivity index (χ1n) is 5.53. The molecule has 5 heteroatoms. The highest BCUT2D eigenvalue weighted by Crippen LogP contribution is 2.29. The Labute approximate surface area is 114 Å². The fourth-order valence-corrected chi connectivity index (χ4v) is 2.42. The SMILES string of the molecule is NC1(CNC(=O)c2cccc(Br)c2Cl)CCC1. The molecule has 1 aliphatic carbocycles. The lowest BCUT2D eigenvalue weighted by Gasteiger charge is -2.38. The molecule has 0 unspecified atom stereocenters. The molecule has 0 heterocycles. The van der Waals surface area contributed by atoms with Gasteiger partial charge in [0.2, 0.25) is 0 Å². The Hall–Kier alpha value is -0.580. The van der Waals surface area contributed by atoms with Crippen molar-refractivity contribution in [3.63, 3.8) is 0 Å². The monoisotopic (exact) mass is 316 g/mol. The molecule has 1 amide bonds. The van der Waals surface area contributed by atoms with E-state index >= 15 is 0 Å². The molecular formula is C12H14BrClN2O. The van der Waals surface area contributed by atoms with Crippen LogP contribution in [0.1, 0.15) is 29.6 Å². The molecule has 0 atom stereocenters. The quantitative estimate of drug-likeness (QED) is 0.900. The van der Waals surface area contributed by atoms with Crippen molar-refractivity contribution < 1.29 is 4.79 Å². The fraction of sp³-hybridized carbons (Fsp3) is 0.417. The van der Waals surface area contributed by atoms with E-state index in [1.54, 1.807) is 18.2 Å². The van der Waals surface area contributed by atoms with Crippen LogP contribution < -0.4 is 11.1 Å². The third-order valence-corrected chi connectivity index (χ3v) is 4.44. The molecule has 1 aromatic carbocycles. The molecule has 3 N–H and O–H groups in total. The van der Waals surface area contributed by atoms with Crippen LogP contribution in [0.15, 0.2) is 22.7 Å². The largest absolute Gasteiger partial charge is 0.350 e. The number of halogens is 2. The molecule has 0 radical (unpaired) electrons. The Morgan fingerprint density at radius 2 is 2.24 bits per heavy atom. The molecule has 92 valence electrons. The predicted molar refractivity (Wildman–Crippen MR) is 72.3 cm³/mol. The van der Waals surface area contributed by atoms with Crippen LogP contribution in [0.5, 0.6) is 0 Å². The standard InChI is InChI=1S/C12H14BrClN2O/c13-9-4-1-3-8(10(9)14)11(17)16-7-12(15)5-2-6-12/h1,3-4H,2,5-7,15H2,(H,16,17). The van der Waals surface area contributed by atoms with Crippen molar-refractivity contribution in [2.75, 3.05) is 6.54 Å². The van der Waals surface area contributed by atoms with Gasteiger partial charge in [0.15, 0.2) is 0 Å². The first kappa shape index (κ1) is 12.9. The van der Waals surface area contributed by atoms with Gasteiger partial charge in [-0.3, -0.25) is 4.79 Å². The van der Waals surface area contributed by atoms with E-state index in [2.05, 4.69) is 21.2 Å². The zero-order chi connectivity index (χ0) is 12.5. The Kier molecular flexibility index (Phi) is 3.76. The average Bonchev–Trinajstić information content (AvgIpc) is 2.27. The predicted octanol–water partition coefficient (Wildman–Crippen LogP) is 2.71. The van der Waals surface area contributed by atoms with Crippen LogP contribution in [0.2, 0.25) is 5.02 Å². The lowest BCUT2D eigenvalue weighted by Crippen LogP contribution is -2.54. The minimum atomic E-state index is -0.214. The molecule has 1 fully saturated rings. The van der Waals surface area contributed by atoms with Gasteiger partial charge in [0.1, 0.15) is 0 Å². The van der Waals surface area contributed by atoms with Crippen molar-refractivity contribution in [2.24, 2.45) is 5.73 Å². The van der Waals surface area contributed by atoms with Crippen LogP contribution in [-0.2, 0) is 0 Å². The summed E-state index contributed by atoms with van der Waals surface area (Å²) in [6.45, 7) is 0.509. The van der Waals surface area contributed by atoms with Crippen LogP contribution in [-0.4, -0.2) is 18.0 Å². The first-order valence-corrected chi connectivity index (χ1v) is 6.70. The van der Waals surface area contributed by atoms with Gasteiger partial charge in [-0.25, -0.2) is 0 Å². The normalized spacial score (nSPS) is 17.4. The van der Waals surface area contributed by atoms with E-state index in [9.17, 15) is 4.79 Å². The van der Waals surface area contributed by atoms with Crippen molar-refractivity contribution in [1.82, 2.24) is 5.32 Å². The number of carbonyl (C=O) groups excluding carboxylic acids is 1. The smallest absolute Gasteiger partial charge is 0.252 e. The van der Waals surface area contributed by atoms with Gasteiger partial charge in [0, 0.05) is 16.6 Å². The summed E-state index contributed by atoms with van der Waals surface area (Å²) in [5, 5.41) is 3.28. The maximum absolute atomic E-state index is 11.9. The molecule has 1 aromatic rings. The summed E-state index contributed by atoms with van der Waals surface area (Å²) >= 11 is 9.34. The second-order valence-electron chi connectivity index (χ2n) is 4.50. The van der Waals surface area contributed by atoms with Gasteiger partial charge >= 0.3 is 0 Å². The van der Waals surface area contributed by atoms with Crippen LogP contribution in [0.3, 0.4) is 0 Å². The Balaban J connectivity index is 2.02. The summed E-state index contributed by atoms with van der Waals surface area (Å²) in [5.41, 5.74) is 6.30. The third-order valence-electron chi connectivity index (χ3n) is 3.15. The summed E-state index contributed by atoms with van der Waals surface area (Å²) in [6, 6.07) is 5.29. The van der Waals surface area contributed by atoms with Crippen LogP contribution in [0, 0.1) is 0 Å². The highest BCUT2D eigenvalue weighted by molar-refractivity contribution is 9.10. The van der Waals surface area contributed by atoms with Crippen LogP contribution >= 0.6 is 27.5 Å². The number of nitrogens with one attached hydrogen (secondary N) is 1. The van der Waals surface area contributed by atoms with Gasteiger partial charge in [0.05, 0.1) is 10.6 Å². The maximum atomic E-state index is 11.9. The van der Waals surface area contributed by atoms with Gasteiger partial charge in [-0.15, -0.1) is 0 Å². The van der Waals surface area contributed by atoms with Crippen molar-refractivity contribution in [3.8, 4) is 0 Å². The second kappa shape index (κ2) is 4.96. The Morgan fingerprint density at radius 3 is 2.82 bits per heavy atom. The topological polar surface area (TPSA) is 55.1 Å². The van der Waals surface area contributed by atoms with Crippen LogP contribution in [0.25, 0.3) is 0 Å². The van der Waals surface area contributed by atoms with E-state index in [-0.39, 0.29) is 11.4 Å². The van der Waals surface area contributed by atoms with E-state index in [0.717, 1.165) is 23.7 Å². The zero-order valence-electron chi connectivity index (χ0n) is 9.30. The molecule has 0 aromatic heterocycles. The number of rotatable bonds is 3. The summed E-state index contributed by atoms with van der Waals surface area (Å²) in [7, 11) is 0. The van der Waals surface area contributed by atoms with E-state index in [4.69, 9.17) is 17.3 Å². The molecule has 2 rings (SSSR count). The number of carbonyl (C=O) groups is 1. The molecular weight excluding hydrogens is 304 g/mol. The lowest BCUT2D eigenvalue weighted by molar-refractivity contribution is 0.0930. The molecule has 0 bridgehead atoms. The van der Waals surface area contributed by atoms with E-state index < -0.39 is 0 Å². The van der Waals surface area contributed by atoms with E-state index in [1.807, 2.05) is 0 Å². The second-order valence-corrected chi connectivity index (χ2v) is 5.73. The van der Waals surface area contributed by atoms with Gasteiger partial charge in [0.25, 0.3) is 5.91 Å². The molecule has 1 aliphatic rings. The molecule has 0 spiro atoms. The van der Waals surface area contributed by atoms with Crippen molar-refractivity contribution in [1.29, 1.82) is 0 Å². The summed E-state index contributed by atoms with van der Waals surface area (Å²) < 4.78 is 0.720. The summed E-state index contributed by atoms with van der Waals surface area (Å²) in [6.07, 6.45) is 3.09. The number of nitrogens with two attached hydrogens (primary N) is 1. The molecule has 3 nitrogen and oxygen atoms in total. The number of amides is 1. The van der Waals surface area contributed by atoms with Gasteiger partial charge < -0.3 is 11.1 Å². The number of hydrogen-bond donors (Lipinski definition) is 2. The minimum absolute atomic E-state index is 0.173. The molecule has 17 heavy (non-hydrogen) atoms. The third kappa shape index (κ3) is 2.81. The highest BCUT2D eigenvalue weighted by Gasteiger charge is 2.32. The van der Waals surface area contributed by atoms with Crippen molar-refractivity contribution >= 4 is 33.4 Å².